The van der Waals surface area contributed by atoms with E-state index in [-0.39, 0.29) is 24.4 Å². The van der Waals surface area contributed by atoms with Crippen LogP contribution in [0.25, 0.3) is 0 Å². The smallest absolute Gasteiger partial charge is 0.228 e. The average molecular weight is 283 g/mol. The van der Waals surface area contributed by atoms with Crippen molar-refractivity contribution < 1.29 is 9.53 Å². The van der Waals surface area contributed by atoms with Gasteiger partial charge in [-0.25, -0.2) is 0 Å². The van der Waals surface area contributed by atoms with Gasteiger partial charge in [-0.05, 0) is 18.1 Å². The maximum absolute atomic E-state index is 12.3. The highest BCUT2D eigenvalue weighted by Crippen LogP contribution is 2.28. The fourth-order valence-electron chi connectivity index (χ4n) is 2.67. The Morgan fingerprint density at radius 1 is 1.42 bits per heavy atom. The highest BCUT2D eigenvalue weighted by molar-refractivity contribution is 5.95. The molecule has 0 bridgehead atoms. The Hall–Kier alpha value is -1.10. The minimum Gasteiger partial charge on any atom is -0.378 e. The third-order valence-corrected chi connectivity index (χ3v) is 3.61. The molecule has 1 amide bonds. The van der Waals surface area contributed by atoms with Crippen LogP contribution in [0.15, 0.2) is 24.3 Å². The van der Waals surface area contributed by atoms with Crippen molar-refractivity contribution in [2.75, 3.05) is 31.2 Å². The summed E-state index contributed by atoms with van der Waals surface area (Å²) >= 11 is 0. The molecule has 1 aromatic carbocycles. The number of carbonyl (C=O) groups excluding carboxylic acids is 1. The number of rotatable bonds is 2. The number of halogens is 1. The molecule has 4 nitrogen and oxygen atoms in total. The second-order valence-corrected chi connectivity index (χ2v) is 4.85. The van der Waals surface area contributed by atoms with Crippen molar-refractivity contribution >= 4 is 24.0 Å². The molecule has 3 rings (SSSR count). The number of nitrogens with zero attached hydrogens (tertiary/aromatic N) is 1. The molecule has 2 aliphatic rings. The van der Waals surface area contributed by atoms with Crippen LogP contribution in [0.3, 0.4) is 0 Å². The normalized spacial score (nSPS) is 21.7. The van der Waals surface area contributed by atoms with E-state index >= 15 is 0 Å². The highest BCUT2D eigenvalue weighted by atomic mass is 35.5. The van der Waals surface area contributed by atoms with Crippen molar-refractivity contribution in [3.05, 3.63) is 29.8 Å². The van der Waals surface area contributed by atoms with Gasteiger partial charge in [0, 0.05) is 31.2 Å². The van der Waals surface area contributed by atoms with Crippen LogP contribution in [-0.4, -0.2) is 38.3 Å². The number of fused-ring (bicyclic) bond motifs is 1. The summed E-state index contributed by atoms with van der Waals surface area (Å²) in [5, 5.41) is 3.32. The van der Waals surface area contributed by atoms with Gasteiger partial charge in [-0.15, -0.1) is 12.4 Å². The van der Waals surface area contributed by atoms with Gasteiger partial charge < -0.3 is 15.0 Å². The average Bonchev–Trinajstić information content (AvgIpc) is 2.84. The molecule has 0 radical (unpaired) electrons. The first-order valence-electron chi connectivity index (χ1n) is 6.54. The quantitative estimate of drug-likeness (QED) is 0.891. The van der Waals surface area contributed by atoms with E-state index in [0.717, 1.165) is 31.8 Å². The number of ether oxygens (including phenoxy) is 1. The van der Waals surface area contributed by atoms with Gasteiger partial charge in [0.1, 0.15) is 0 Å². The Bertz CT molecular complexity index is 447. The number of carbonyl (C=O) groups is 1. The first kappa shape index (κ1) is 14.3. The van der Waals surface area contributed by atoms with Crippen LogP contribution in [0.5, 0.6) is 0 Å². The molecule has 1 aromatic rings. The summed E-state index contributed by atoms with van der Waals surface area (Å²) in [5.41, 5.74) is 2.36. The Balaban J connectivity index is 0.00000133. The number of nitrogens with one attached hydrogen (secondary N) is 1. The van der Waals surface area contributed by atoms with Gasteiger partial charge in [-0.1, -0.05) is 18.2 Å². The summed E-state index contributed by atoms with van der Waals surface area (Å²) in [6.07, 6.45) is 1.49. The molecular formula is C14H19ClN2O2. The Morgan fingerprint density at radius 2 is 2.26 bits per heavy atom. The van der Waals surface area contributed by atoms with Crippen molar-refractivity contribution in [2.45, 2.75) is 18.9 Å². The predicted octanol–water partition coefficient (Wildman–Crippen LogP) is 1.38. The molecule has 5 heteroatoms. The van der Waals surface area contributed by atoms with Gasteiger partial charge in [-0.3, -0.25) is 4.79 Å². The lowest BCUT2D eigenvalue weighted by Gasteiger charge is -2.25. The molecule has 1 saturated heterocycles. The van der Waals surface area contributed by atoms with Crippen LogP contribution in [-0.2, 0) is 16.0 Å². The van der Waals surface area contributed by atoms with Crippen molar-refractivity contribution in [2.24, 2.45) is 0 Å². The lowest BCUT2D eigenvalue weighted by molar-refractivity contribution is -0.119. The number of para-hydroxylation sites is 1. The van der Waals surface area contributed by atoms with E-state index in [2.05, 4.69) is 11.4 Å². The molecule has 0 spiro atoms. The molecule has 1 fully saturated rings. The number of benzene rings is 1. The molecule has 2 heterocycles. The van der Waals surface area contributed by atoms with Gasteiger partial charge in [-0.2, -0.15) is 0 Å². The summed E-state index contributed by atoms with van der Waals surface area (Å²) in [4.78, 5) is 14.2. The zero-order valence-corrected chi connectivity index (χ0v) is 11.6. The lowest BCUT2D eigenvalue weighted by Crippen LogP contribution is -2.45. The van der Waals surface area contributed by atoms with E-state index in [0.29, 0.717) is 13.0 Å². The summed E-state index contributed by atoms with van der Waals surface area (Å²) < 4.78 is 5.38. The molecule has 104 valence electrons. The molecule has 0 saturated carbocycles. The minimum atomic E-state index is 0. The van der Waals surface area contributed by atoms with Crippen LogP contribution in [0, 0.1) is 0 Å². The molecule has 0 aromatic heterocycles. The second kappa shape index (κ2) is 6.37. The summed E-state index contributed by atoms with van der Waals surface area (Å²) in [7, 11) is 0. The third kappa shape index (κ3) is 3.08. The van der Waals surface area contributed by atoms with E-state index in [1.54, 1.807) is 0 Å². The van der Waals surface area contributed by atoms with Crippen LogP contribution in [0.4, 0.5) is 5.69 Å². The topological polar surface area (TPSA) is 41.6 Å². The van der Waals surface area contributed by atoms with Crippen molar-refractivity contribution in [3.63, 3.8) is 0 Å². The van der Waals surface area contributed by atoms with Crippen LogP contribution in [0.1, 0.15) is 12.0 Å². The maximum Gasteiger partial charge on any atom is 0.228 e. The fraction of sp³-hybridized carbons (Fsp3) is 0.500. The number of anilines is 1. The molecule has 2 aliphatic heterocycles. The second-order valence-electron chi connectivity index (χ2n) is 4.85. The zero-order valence-electron chi connectivity index (χ0n) is 10.8. The summed E-state index contributed by atoms with van der Waals surface area (Å²) in [6.45, 7) is 3.04. The van der Waals surface area contributed by atoms with Crippen LogP contribution in [0.2, 0.25) is 0 Å². The third-order valence-electron chi connectivity index (χ3n) is 3.61. The lowest BCUT2D eigenvalue weighted by atomic mass is 10.1. The van der Waals surface area contributed by atoms with E-state index in [9.17, 15) is 4.79 Å². The van der Waals surface area contributed by atoms with E-state index in [1.807, 2.05) is 23.1 Å². The summed E-state index contributed by atoms with van der Waals surface area (Å²) in [6, 6.07) is 8.32. The Labute approximate surface area is 119 Å². The van der Waals surface area contributed by atoms with Crippen LogP contribution >= 0.6 is 12.4 Å². The van der Waals surface area contributed by atoms with Crippen molar-refractivity contribution in [1.82, 2.24) is 5.32 Å². The largest absolute Gasteiger partial charge is 0.378 e. The number of amides is 1. The van der Waals surface area contributed by atoms with Gasteiger partial charge >= 0.3 is 0 Å². The van der Waals surface area contributed by atoms with Gasteiger partial charge in [0.15, 0.2) is 0 Å². The number of hydrogen-bond donors (Lipinski definition) is 1. The SMILES string of the molecule is Cl.O=C(CC1COCCN1)N1CCc2ccccc21. The predicted molar refractivity (Wildman–Crippen MR) is 77.0 cm³/mol. The Kier molecular flexibility index (Phi) is 4.80. The molecule has 19 heavy (non-hydrogen) atoms. The maximum atomic E-state index is 12.3. The van der Waals surface area contributed by atoms with Gasteiger partial charge in [0.25, 0.3) is 0 Å². The molecule has 1 unspecified atom stereocenters. The van der Waals surface area contributed by atoms with Gasteiger partial charge in [0.05, 0.1) is 13.2 Å². The monoisotopic (exact) mass is 282 g/mol. The van der Waals surface area contributed by atoms with Crippen molar-refractivity contribution in [3.8, 4) is 0 Å². The van der Waals surface area contributed by atoms with E-state index in [1.165, 1.54) is 5.56 Å². The van der Waals surface area contributed by atoms with E-state index < -0.39 is 0 Å². The molecule has 1 atom stereocenters. The minimum absolute atomic E-state index is 0. The Morgan fingerprint density at radius 3 is 3.05 bits per heavy atom. The fourth-order valence-corrected chi connectivity index (χ4v) is 2.67. The number of morpholine rings is 1. The standard InChI is InChI=1S/C14H18N2O2.ClH/c17-14(9-12-10-18-8-6-15-12)16-7-5-11-3-1-2-4-13(11)16;/h1-4,12,15H,5-10H2;1H. The zero-order chi connectivity index (χ0) is 12.4. The molecular weight excluding hydrogens is 264 g/mol. The van der Waals surface area contributed by atoms with Crippen LogP contribution < -0.4 is 10.2 Å². The van der Waals surface area contributed by atoms with Crippen molar-refractivity contribution in [1.29, 1.82) is 0 Å². The van der Waals surface area contributed by atoms with E-state index in [4.69, 9.17) is 4.74 Å². The first-order chi connectivity index (χ1) is 8.84. The number of hydrogen-bond acceptors (Lipinski definition) is 3. The molecule has 0 aliphatic carbocycles. The highest BCUT2D eigenvalue weighted by Gasteiger charge is 2.26. The first-order valence-corrected chi connectivity index (χ1v) is 6.54. The molecule has 1 N–H and O–H groups in total. The summed E-state index contributed by atoms with van der Waals surface area (Å²) in [5.74, 6) is 0.197. The van der Waals surface area contributed by atoms with Gasteiger partial charge in [0.2, 0.25) is 5.91 Å².